The van der Waals surface area contributed by atoms with Gasteiger partial charge in [0.2, 0.25) is 0 Å². The molecule has 80 heavy (non-hydrogen) atoms. The van der Waals surface area contributed by atoms with Crippen molar-refractivity contribution in [2.75, 3.05) is 0 Å². The Balaban J connectivity index is 0.955. The Bertz CT molecular complexity index is 4740. The average Bonchev–Trinajstić information content (AvgIpc) is 4.12. The highest BCUT2D eigenvalue weighted by molar-refractivity contribution is 6.98. The van der Waals surface area contributed by atoms with Crippen molar-refractivity contribution in [2.24, 2.45) is 0 Å². The van der Waals surface area contributed by atoms with Crippen LogP contribution < -0.4 is 63.5 Å². The van der Waals surface area contributed by atoms with Gasteiger partial charge in [-0.2, -0.15) is 0 Å². The van der Waals surface area contributed by atoms with Crippen molar-refractivity contribution in [3.05, 3.63) is 261 Å². The van der Waals surface area contributed by atoms with Gasteiger partial charge in [-0.25, -0.2) is 9.97 Å². The van der Waals surface area contributed by atoms with Crippen molar-refractivity contribution in [2.45, 2.75) is 0 Å². The number of ether oxygens (including phenoxy) is 3. The maximum absolute atomic E-state index is 6.57. The molecule has 0 N–H and O–H groups in total. The summed E-state index contributed by atoms with van der Waals surface area (Å²) in [7, 11) is 0. The topological polar surface area (TPSA) is 63.3 Å². The van der Waals surface area contributed by atoms with Gasteiger partial charge in [0.15, 0.2) is 0 Å². The lowest BCUT2D eigenvalue weighted by Gasteiger charge is -2.26. The molecule has 0 bridgehead atoms. The zero-order valence-electron chi connectivity index (χ0n) is 43.1. The fraction of sp³-hybridized carbons (Fsp3) is 0. The van der Waals surface area contributed by atoms with Crippen LogP contribution in [0.4, 0.5) is 0 Å². The number of benzene rings is 10. The summed E-state index contributed by atoms with van der Waals surface area (Å²) in [5.74, 6) is 6.86. The smallest absolute Gasteiger partial charge is 0.274 e. The number of fused-ring (bicyclic) bond motifs is 12. The molecule has 0 radical (unpaired) electrons. The third-order valence-electron chi connectivity index (χ3n) is 16.7. The molecule has 3 aliphatic heterocycles. The van der Waals surface area contributed by atoms with E-state index in [-0.39, 0.29) is 20.1 Å². The van der Waals surface area contributed by atoms with E-state index in [0.717, 1.165) is 139 Å². The zero-order valence-corrected chi connectivity index (χ0v) is 43.1. The quantitative estimate of drug-likeness (QED) is 0.155. The summed E-state index contributed by atoms with van der Waals surface area (Å²) in [5, 5.41) is 4.45. The number of para-hydroxylation sites is 6. The Hall–Kier alpha value is -10.3. The molecule has 10 aromatic carbocycles. The molecule has 0 amide bonds. The van der Waals surface area contributed by atoms with Crippen molar-refractivity contribution >= 4 is 113 Å². The lowest BCUT2D eigenvalue weighted by Crippen LogP contribution is -2.56. The lowest BCUT2D eigenvalue weighted by atomic mass is 9.36. The molecule has 0 unspecified atom stereocenters. The number of rotatable bonds is 6. The van der Waals surface area contributed by atoms with E-state index in [0.29, 0.717) is 0 Å². The maximum atomic E-state index is 6.57. The molecule has 7 heterocycles. The number of hydrogen-bond acceptors (Lipinski definition) is 5. The minimum absolute atomic E-state index is 0.0556. The second kappa shape index (κ2) is 17.6. The third kappa shape index (κ3) is 6.85. The molecular formula is C70H43B3N4O3. The summed E-state index contributed by atoms with van der Waals surface area (Å²) in [4.78, 5) is 11.2. The lowest BCUT2D eigenvalue weighted by molar-refractivity contribution is 0.487. The highest BCUT2D eigenvalue weighted by atomic mass is 16.5. The first kappa shape index (κ1) is 44.8. The van der Waals surface area contributed by atoms with Gasteiger partial charge in [0.25, 0.3) is 20.1 Å². The average molecular weight is 1020 g/mol. The fourth-order valence-corrected chi connectivity index (χ4v) is 13.2. The summed E-state index contributed by atoms with van der Waals surface area (Å²) >= 11 is 0. The third-order valence-corrected chi connectivity index (χ3v) is 16.7. The van der Waals surface area contributed by atoms with Crippen molar-refractivity contribution in [3.63, 3.8) is 0 Å². The largest absolute Gasteiger partial charge is 0.458 e. The summed E-state index contributed by atoms with van der Waals surface area (Å²) in [5.41, 5.74) is 16.2. The van der Waals surface area contributed by atoms with Gasteiger partial charge in [-0.1, -0.05) is 187 Å². The second-order valence-corrected chi connectivity index (χ2v) is 21.1. The molecule has 7 nitrogen and oxygen atoms in total. The maximum Gasteiger partial charge on any atom is 0.274 e. The Kier molecular flexibility index (Phi) is 9.86. The zero-order chi connectivity index (χ0) is 52.4. The van der Waals surface area contributed by atoms with E-state index < -0.39 is 0 Å². The van der Waals surface area contributed by atoms with Crippen LogP contribution in [0.3, 0.4) is 0 Å². The van der Waals surface area contributed by atoms with E-state index in [1.807, 2.05) is 12.1 Å². The van der Waals surface area contributed by atoms with Gasteiger partial charge in [-0.15, -0.1) is 0 Å². The van der Waals surface area contributed by atoms with Crippen LogP contribution in [0.1, 0.15) is 0 Å². The van der Waals surface area contributed by atoms with Gasteiger partial charge in [0, 0.05) is 32.7 Å². The molecule has 17 rings (SSSR count). The molecule has 0 atom stereocenters. The molecule has 0 fully saturated rings. The van der Waals surface area contributed by atoms with Crippen LogP contribution in [-0.4, -0.2) is 39.2 Å². The predicted octanol–water partition coefficient (Wildman–Crippen LogP) is 10.2. The highest BCUT2D eigenvalue weighted by Gasteiger charge is 2.36. The summed E-state index contributed by atoms with van der Waals surface area (Å²) in [6.45, 7) is -0.264. The standard InChI is InChI=1S/C70H43B3N4O3/c1-2-18-44(19-3-1)57-26-16-34-69(74-57)76-58-38-36-45(71-51-20-4-10-27-62(51)78-63-28-11-5-21-52(63)71)40-47(58)49-43-61-50(42-60(49)76)48-41-46(72-53-22-6-12-29-64(53)79-65-30-13-7-23-54(65)72)37-39-59(48)77(61)70-35-17-33-68(75-70)73-55-24-8-14-31-66(55)80-67-32-15-9-25-56(67)73/h1-43H. The van der Waals surface area contributed by atoms with Crippen LogP contribution in [0.15, 0.2) is 261 Å². The monoisotopic (exact) mass is 1020 g/mol. The molecule has 0 saturated heterocycles. The van der Waals surface area contributed by atoms with E-state index in [1.54, 1.807) is 0 Å². The van der Waals surface area contributed by atoms with E-state index in [2.05, 4.69) is 258 Å². The minimum Gasteiger partial charge on any atom is -0.458 e. The summed E-state index contributed by atoms with van der Waals surface area (Å²) in [6.07, 6.45) is 0. The number of aromatic nitrogens is 4. The van der Waals surface area contributed by atoms with Crippen LogP contribution in [0, 0.1) is 0 Å². The van der Waals surface area contributed by atoms with E-state index in [4.69, 9.17) is 24.2 Å². The molecule has 3 aliphatic rings. The van der Waals surface area contributed by atoms with Gasteiger partial charge >= 0.3 is 0 Å². The Labute approximate surface area is 462 Å². The van der Waals surface area contributed by atoms with Gasteiger partial charge in [-0.3, -0.25) is 9.13 Å². The van der Waals surface area contributed by atoms with Crippen molar-refractivity contribution in [3.8, 4) is 57.4 Å². The van der Waals surface area contributed by atoms with E-state index >= 15 is 0 Å². The normalized spacial score (nSPS) is 13.0. The molecule has 4 aromatic heterocycles. The highest BCUT2D eigenvalue weighted by Crippen LogP contribution is 2.40. The molecule has 0 saturated carbocycles. The number of hydrogen-bond donors (Lipinski definition) is 0. The Morgan fingerprint density at radius 3 is 1.07 bits per heavy atom. The van der Waals surface area contributed by atoms with Crippen molar-refractivity contribution in [1.29, 1.82) is 0 Å². The molecule has 0 aliphatic carbocycles. The van der Waals surface area contributed by atoms with Gasteiger partial charge in [0.05, 0.1) is 27.8 Å². The molecule has 0 spiro atoms. The molecule has 370 valence electrons. The van der Waals surface area contributed by atoms with E-state index in [1.165, 1.54) is 10.9 Å². The number of pyridine rings is 2. The van der Waals surface area contributed by atoms with Crippen LogP contribution in [0.2, 0.25) is 0 Å². The minimum atomic E-state index is -0.146. The fourth-order valence-electron chi connectivity index (χ4n) is 13.2. The van der Waals surface area contributed by atoms with E-state index in [9.17, 15) is 0 Å². The van der Waals surface area contributed by atoms with Crippen LogP contribution in [0.25, 0.3) is 66.5 Å². The predicted molar refractivity (Wildman–Crippen MR) is 329 cm³/mol. The Morgan fingerprint density at radius 2 is 0.637 bits per heavy atom. The molecule has 10 heteroatoms. The molecular weight excluding hydrogens is 977 g/mol. The van der Waals surface area contributed by atoms with Crippen LogP contribution in [-0.2, 0) is 0 Å². The van der Waals surface area contributed by atoms with Gasteiger partial charge < -0.3 is 14.2 Å². The van der Waals surface area contributed by atoms with Crippen molar-refractivity contribution < 1.29 is 14.2 Å². The van der Waals surface area contributed by atoms with Crippen LogP contribution in [0.5, 0.6) is 34.5 Å². The molecule has 14 aromatic rings. The van der Waals surface area contributed by atoms with Gasteiger partial charge in [0.1, 0.15) is 46.1 Å². The first-order chi connectivity index (χ1) is 39.7. The summed E-state index contributed by atoms with van der Waals surface area (Å²) in [6, 6.07) is 92.7. The van der Waals surface area contributed by atoms with Crippen LogP contribution >= 0.6 is 0 Å². The van der Waals surface area contributed by atoms with Gasteiger partial charge in [-0.05, 0) is 118 Å². The second-order valence-electron chi connectivity index (χ2n) is 21.1. The number of nitrogens with zero attached hydrogens (tertiary/aromatic N) is 4. The SMILES string of the molecule is c1ccc(-c2cccc(-n3c4ccc(B5c6ccccc6Oc6ccccc65)cc4c4cc5c(cc43)c3cc(B4c6ccccc6Oc6ccccc64)ccc3n5-c3cccc(B4c5ccccc5Oc5ccccc54)n3)n2)cc1. The first-order valence-electron chi connectivity index (χ1n) is 27.3. The Morgan fingerprint density at radius 1 is 0.275 bits per heavy atom. The van der Waals surface area contributed by atoms with Crippen molar-refractivity contribution in [1.82, 2.24) is 19.1 Å². The first-order valence-corrected chi connectivity index (χ1v) is 27.3. The summed E-state index contributed by atoms with van der Waals surface area (Å²) < 4.78 is 24.4.